The molecule has 0 aliphatic carbocycles. The first-order valence-electron chi connectivity index (χ1n) is 6.36. The third-order valence-electron chi connectivity index (χ3n) is 3.25. The van der Waals surface area contributed by atoms with Crippen molar-refractivity contribution in [1.29, 1.82) is 0 Å². The lowest BCUT2D eigenvalue weighted by Gasteiger charge is -1.97. The number of rotatable bonds is 3. The van der Waals surface area contributed by atoms with Crippen LogP contribution < -0.4 is 0 Å². The maximum Gasteiger partial charge on any atom is 0.269 e. The van der Waals surface area contributed by atoms with Crippen molar-refractivity contribution in [2.75, 3.05) is 0 Å². The number of nitrogens with zero attached hydrogens (tertiary/aromatic N) is 4. The first-order chi connectivity index (χ1) is 10.1. The topological polar surface area (TPSA) is 72.8 Å². The molecule has 0 unspecified atom stereocenters. The van der Waals surface area contributed by atoms with E-state index in [2.05, 4.69) is 10.2 Å². The van der Waals surface area contributed by atoms with Crippen molar-refractivity contribution < 1.29 is 4.92 Å². The normalized spacial score (nSPS) is 11.3. The average Bonchev–Trinajstić information content (AvgIpc) is 2.82. The number of azo groups is 1. The lowest BCUT2D eigenvalue weighted by atomic mass is 10.2. The molecule has 0 atom stereocenters. The quantitative estimate of drug-likeness (QED) is 0.402. The van der Waals surface area contributed by atoms with E-state index in [9.17, 15) is 10.1 Å². The van der Waals surface area contributed by atoms with Gasteiger partial charge in [0.25, 0.3) is 5.69 Å². The van der Waals surface area contributed by atoms with Gasteiger partial charge in [-0.3, -0.25) is 10.1 Å². The van der Waals surface area contributed by atoms with E-state index in [4.69, 9.17) is 0 Å². The molecule has 21 heavy (non-hydrogen) atoms. The Morgan fingerprint density at radius 1 is 1.05 bits per heavy atom. The van der Waals surface area contributed by atoms with Gasteiger partial charge in [-0.25, -0.2) is 0 Å². The minimum atomic E-state index is -0.440. The van der Waals surface area contributed by atoms with Gasteiger partial charge in [-0.15, -0.1) is 10.2 Å². The number of fused-ring (bicyclic) bond motifs is 1. The largest absolute Gasteiger partial charge is 0.327 e. The number of para-hydroxylation sites is 1. The zero-order chi connectivity index (χ0) is 14.8. The summed E-state index contributed by atoms with van der Waals surface area (Å²) in [4.78, 5) is 10.1. The van der Waals surface area contributed by atoms with Gasteiger partial charge in [0.2, 0.25) is 0 Å². The summed E-state index contributed by atoms with van der Waals surface area (Å²) in [5.41, 5.74) is 1.69. The summed E-state index contributed by atoms with van der Waals surface area (Å²) in [6.45, 7) is 0. The van der Waals surface area contributed by atoms with Gasteiger partial charge in [-0.05, 0) is 24.3 Å². The standard InChI is InChI=1S/C15H12N4O2/c1-18-14-5-3-2-4-11(14)10-15(18)17-16-12-6-8-13(9-7-12)19(20)21/h2-10H,1H3. The van der Waals surface area contributed by atoms with E-state index in [0.717, 1.165) is 16.7 Å². The Hall–Kier alpha value is -3.02. The highest BCUT2D eigenvalue weighted by molar-refractivity contribution is 5.84. The van der Waals surface area contributed by atoms with Crippen LogP contribution in [-0.2, 0) is 7.05 Å². The monoisotopic (exact) mass is 280 g/mol. The maximum absolute atomic E-state index is 10.6. The van der Waals surface area contributed by atoms with Gasteiger partial charge in [0.1, 0.15) is 0 Å². The number of nitro benzene ring substituents is 1. The molecule has 0 N–H and O–H groups in total. The van der Waals surface area contributed by atoms with E-state index < -0.39 is 4.92 Å². The van der Waals surface area contributed by atoms with Crippen molar-refractivity contribution >= 4 is 28.1 Å². The molecule has 0 spiro atoms. The van der Waals surface area contributed by atoms with E-state index in [-0.39, 0.29) is 5.69 Å². The van der Waals surface area contributed by atoms with Crippen LogP contribution in [0.15, 0.2) is 64.8 Å². The molecule has 6 heteroatoms. The molecule has 1 aromatic heterocycles. The Kier molecular flexibility index (Phi) is 3.19. The molecule has 0 aliphatic heterocycles. The summed E-state index contributed by atoms with van der Waals surface area (Å²) < 4.78 is 1.95. The van der Waals surface area contributed by atoms with Crippen LogP contribution >= 0.6 is 0 Å². The second-order valence-electron chi connectivity index (χ2n) is 4.59. The number of non-ortho nitro benzene ring substituents is 1. The van der Waals surface area contributed by atoms with Gasteiger partial charge in [-0.2, -0.15) is 0 Å². The molecule has 0 fully saturated rings. The van der Waals surface area contributed by atoms with Crippen LogP contribution in [-0.4, -0.2) is 9.49 Å². The SMILES string of the molecule is Cn1c(N=Nc2ccc([N+](=O)[O-])cc2)cc2ccccc21. The predicted molar refractivity (Wildman–Crippen MR) is 80.2 cm³/mol. The molecule has 6 nitrogen and oxygen atoms in total. The van der Waals surface area contributed by atoms with E-state index in [0.29, 0.717) is 5.69 Å². The van der Waals surface area contributed by atoms with Crippen LogP contribution in [0.5, 0.6) is 0 Å². The summed E-state index contributed by atoms with van der Waals surface area (Å²) in [7, 11) is 1.92. The fraction of sp³-hybridized carbons (Fsp3) is 0.0667. The Balaban J connectivity index is 1.90. The zero-order valence-corrected chi connectivity index (χ0v) is 11.3. The van der Waals surface area contributed by atoms with Crippen LogP contribution in [0.2, 0.25) is 0 Å². The molecule has 1 heterocycles. The molecule has 0 saturated heterocycles. The molecule has 3 aromatic rings. The van der Waals surface area contributed by atoms with E-state index in [1.165, 1.54) is 12.1 Å². The van der Waals surface area contributed by atoms with Gasteiger partial charge in [0.15, 0.2) is 5.82 Å². The minimum Gasteiger partial charge on any atom is -0.327 e. The first kappa shape index (κ1) is 13.0. The average molecular weight is 280 g/mol. The molecule has 104 valence electrons. The number of nitro groups is 1. The van der Waals surface area contributed by atoms with Crippen molar-refractivity contribution in [3.63, 3.8) is 0 Å². The van der Waals surface area contributed by atoms with Gasteiger partial charge >= 0.3 is 0 Å². The van der Waals surface area contributed by atoms with Crippen molar-refractivity contribution in [3.8, 4) is 0 Å². The van der Waals surface area contributed by atoms with E-state index in [1.807, 2.05) is 41.9 Å². The lowest BCUT2D eigenvalue weighted by molar-refractivity contribution is -0.384. The number of aryl methyl sites for hydroxylation is 1. The smallest absolute Gasteiger partial charge is 0.269 e. The van der Waals surface area contributed by atoms with Crippen LogP contribution in [0.1, 0.15) is 0 Å². The molecular weight excluding hydrogens is 268 g/mol. The lowest BCUT2D eigenvalue weighted by Crippen LogP contribution is -1.85. The maximum atomic E-state index is 10.6. The van der Waals surface area contributed by atoms with Crippen LogP contribution in [0.25, 0.3) is 10.9 Å². The Labute approximate surface area is 120 Å². The Morgan fingerprint density at radius 3 is 2.43 bits per heavy atom. The molecule has 0 saturated carbocycles. The van der Waals surface area contributed by atoms with Gasteiger partial charge in [0, 0.05) is 30.1 Å². The highest BCUT2D eigenvalue weighted by Gasteiger charge is 2.05. The number of benzene rings is 2. The Bertz CT molecular complexity index is 835. The number of aromatic nitrogens is 1. The molecule has 0 amide bonds. The third kappa shape index (κ3) is 2.51. The summed E-state index contributed by atoms with van der Waals surface area (Å²) in [5.74, 6) is 0.731. The van der Waals surface area contributed by atoms with Crippen LogP contribution in [0.3, 0.4) is 0 Å². The molecule has 3 rings (SSSR count). The minimum absolute atomic E-state index is 0.0403. The highest BCUT2D eigenvalue weighted by atomic mass is 16.6. The van der Waals surface area contributed by atoms with Gasteiger partial charge in [0.05, 0.1) is 10.6 Å². The second-order valence-corrected chi connectivity index (χ2v) is 4.59. The zero-order valence-electron chi connectivity index (χ0n) is 11.3. The fourth-order valence-electron chi connectivity index (χ4n) is 2.12. The highest BCUT2D eigenvalue weighted by Crippen LogP contribution is 2.26. The van der Waals surface area contributed by atoms with Crippen molar-refractivity contribution in [3.05, 3.63) is 64.7 Å². The van der Waals surface area contributed by atoms with Crippen molar-refractivity contribution in [1.82, 2.24) is 4.57 Å². The molecule has 0 radical (unpaired) electrons. The molecule has 2 aromatic carbocycles. The van der Waals surface area contributed by atoms with E-state index >= 15 is 0 Å². The third-order valence-corrected chi connectivity index (χ3v) is 3.25. The summed E-state index contributed by atoms with van der Waals surface area (Å²) in [6, 6.07) is 15.9. The number of hydrogen-bond acceptors (Lipinski definition) is 4. The van der Waals surface area contributed by atoms with Gasteiger partial charge < -0.3 is 4.57 Å². The van der Waals surface area contributed by atoms with Crippen LogP contribution in [0.4, 0.5) is 17.2 Å². The van der Waals surface area contributed by atoms with Gasteiger partial charge in [-0.1, -0.05) is 18.2 Å². The molecule has 0 bridgehead atoms. The first-order valence-corrected chi connectivity index (χ1v) is 6.36. The summed E-state index contributed by atoms with van der Waals surface area (Å²) in [6.07, 6.45) is 0. The summed E-state index contributed by atoms with van der Waals surface area (Å²) >= 11 is 0. The summed E-state index contributed by atoms with van der Waals surface area (Å²) in [5, 5.41) is 20.0. The molecular formula is C15H12N4O2. The van der Waals surface area contributed by atoms with Crippen molar-refractivity contribution in [2.24, 2.45) is 17.3 Å². The van der Waals surface area contributed by atoms with Crippen molar-refractivity contribution in [2.45, 2.75) is 0 Å². The van der Waals surface area contributed by atoms with E-state index in [1.54, 1.807) is 12.1 Å². The van der Waals surface area contributed by atoms with Crippen LogP contribution in [0, 0.1) is 10.1 Å². The Morgan fingerprint density at radius 2 is 1.76 bits per heavy atom. The fourth-order valence-corrected chi connectivity index (χ4v) is 2.12. The predicted octanol–water partition coefficient (Wildman–Crippen LogP) is 4.50. The number of hydrogen-bond donors (Lipinski definition) is 0. The second kappa shape index (κ2) is 5.16. The molecule has 0 aliphatic rings.